The van der Waals surface area contributed by atoms with Crippen LogP contribution in [0.2, 0.25) is 5.02 Å². The number of halogens is 1. The molecule has 2 N–H and O–H groups in total. The van der Waals surface area contributed by atoms with E-state index in [0.717, 1.165) is 5.56 Å². The summed E-state index contributed by atoms with van der Waals surface area (Å²) in [4.78, 5) is 0. The molecule has 0 unspecified atom stereocenters. The first-order valence-corrected chi connectivity index (χ1v) is 5.87. The molecule has 2 rings (SSSR count). The third-order valence-electron chi connectivity index (χ3n) is 2.49. The highest BCUT2D eigenvalue weighted by Gasteiger charge is 2.17. The van der Waals surface area contributed by atoms with Gasteiger partial charge in [0.2, 0.25) is 0 Å². The minimum atomic E-state index is -1.58. The minimum Gasteiger partial charge on any atom is -0.489 e. The number of hydrogen-bond acceptors (Lipinski definition) is 3. The quantitative estimate of drug-likeness (QED) is 0.823. The van der Waals surface area contributed by atoms with E-state index in [9.17, 15) is 10.0 Å². The molecule has 0 saturated heterocycles. The third kappa shape index (κ3) is 3.26. The summed E-state index contributed by atoms with van der Waals surface area (Å²) in [5, 5.41) is 18.9. The molecule has 0 aliphatic carbocycles. The third-order valence-corrected chi connectivity index (χ3v) is 2.73. The first-order valence-electron chi connectivity index (χ1n) is 5.49. The van der Waals surface area contributed by atoms with Gasteiger partial charge in [-0.2, -0.15) is 0 Å². The summed E-state index contributed by atoms with van der Waals surface area (Å²) in [6, 6.07) is 14.3. The Hall–Kier alpha value is -1.49. The van der Waals surface area contributed by atoms with E-state index in [4.69, 9.17) is 16.3 Å². The number of hydrogen-bond donors (Lipinski definition) is 2. The standard InChI is InChI=1S/C13H12BClO3/c15-11-6-7-12(14(16)17)13(8-11)18-9-10-4-2-1-3-5-10/h1-8,16-17H,9H2. The molecule has 0 aliphatic rings. The van der Waals surface area contributed by atoms with E-state index in [0.29, 0.717) is 22.8 Å². The van der Waals surface area contributed by atoms with Crippen LogP contribution >= 0.6 is 11.6 Å². The molecule has 18 heavy (non-hydrogen) atoms. The molecule has 5 heteroatoms. The summed E-state index contributed by atoms with van der Waals surface area (Å²) in [5.74, 6) is 0.376. The lowest BCUT2D eigenvalue weighted by atomic mass is 9.79. The summed E-state index contributed by atoms with van der Waals surface area (Å²) in [6.07, 6.45) is 0. The monoisotopic (exact) mass is 262 g/mol. The molecule has 0 amide bonds. The van der Waals surface area contributed by atoms with Crippen molar-refractivity contribution in [2.24, 2.45) is 0 Å². The van der Waals surface area contributed by atoms with Crippen molar-refractivity contribution in [2.45, 2.75) is 6.61 Å². The second kappa shape index (κ2) is 5.91. The smallest absolute Gasteiger partial charge is 0.489 e. The van der Waals surface area contributed by atoms with Crippen molar-refractivity contribution in [3.8, 4) is 5.75 Å². The van der Waals surface area contributed by atoms with Crippen molar-refractivity contribution in [1.82, 2.24) is 0 Å². The van der Waals surface area contributed by atoms with Gasteiger partial charge in [-0.3, -0.25) is 0 Å². The summed E-state index contributed by atoms with van der Waals surface area (Å²) in [7, 11) is -1.58. The normalized spacial score (nSPS) is 10.2. The fourth-order valence-electron chi connectivity index (χ4n) is 1.58. The van der Waals surface area contributed by atoms with E-state index < -0.39 is 7.12 Å². The summed E-state index contributed by atoms with van der Waals surface area (Å²) < 4.78 is 5.56. The Morgan fingerprint density at radius 1 is 1.06 bits per heavy atom. The molecule has 0 radical (unpaired) electrons. The van der Waals surface area contributed by atoms with Crippen molar-refractivity contribution < 1.29 is 14.8 Å². The Morgan fingerprint density at radius 3 is 2.44 bits per heavy atom. The summed E-state index contributed by atoms with van der Waals surface area (Å²) >= 11 is 5.86. The fourth-order valence-corrected chi connectivity index (χ4v) is 1.74. The van der Waals surface area contributed by atoms with Gasteiger partial charge in [0.25, 0.3) is 0 Å². The molecule has 3 nitrogen and oxygen atoms in total. The van der Waals surface area contributed by atoms with Crippen LogP contribution in [0.25, 0.3) is 0 Å². The van der Waals surface area contributed by atoms with Crippen LogP contribution in [0.1, 0.15) is 5.56 Å². The van der Waals surface area contributed by atoms with E-state index >= 15 is 0 Å². The van der Waals surface area contributed by atoms with Gasteiger partial charge >= 0.3 is 7.12 Å². The minimum absolute atomic E-state index is 0.301. The van der Waals surface area contributed by atoms with Crippen molar-refractivity contribution in [3.05, 3.63) is 59.1 Å². The Balaban J connectivity index is 2.15. The number of benzene rings is 2. The van der Waals surface area contributed by atoms with Crippen LogP contribution < -0.4 is 10.2 Å². The Bertz CT molecular complexity index is 517. The highest BCUT2D eigenvalue weighted by Crippen LogP contribution is 2.17. The molecule has 0 aliphatic heterocycles. The van der Waals surface area contributed by atoms with Gasteiger partial charge in [0.05, 0.1) is 0 Å². The zero-order valence-corrected chi connectivity index (χ0v) is 10.3. The van der Waals surface area contributed by atoms with E-state index in [2.05, 4.69) is 0 Å². The molecule has 0 spiro atoms. The van der Waals surface area contributed by atoms with E-state index in [1.165, 1.54) is 6.07 Å². The molecule has 2 aromatic rings. The Morgan fingerprint density at radius 2 is 1.78 bits per heavy atom. The van der Waals surface area contributed by atoms with E-state index in [1.807, 2.05) is 30.3 Å². The largest absolute Gasteiger partial charge is 0.492 e. The van der Waals surface area contributed by atoms with Crippen LogP contribution in [0.3, 0.4) is 0 Å². The average Bonchev–Trinajstić information content (AvgIpc) is 2.37. The molecule has 0 saturated carbocycles. The van der Waals surface area contributed by atoms with Crippen LogP contribution in [0.5, 0.6) is 5.75 Å². The maximum absolute atomic E-state index is 9.23. The molecular weight excluding hydrogens is 250 g/mol. The number of ether oxygens (including phenoxy) is 1. The summed E-state index contributed by atoms with van der Waals surface area (Å²) in [5.41, 5.74) is 1.30. The van der Waals surface area contributed by atoms with Gasteiger partial charge in [0.1, 0.15) is 12.4 Å². The first kappa shape index (κ1) is 13.0. The maximum atomic E-state index is 9.23. The molecular formula is C13H12BClO3. The molecule has 0 fully saturated rings. The zero-order chi connectivity index (χ0) is 13.0. The van der Waals surface area contributed by atoms with Gasteiger partial charge in [0, 0.05) is 10.5 Å². The lowest BCUT2D eigenvalue weighted by molar-refractivity contribution is 0.306. The van der Waals surface area contributed by atoms with Crippen molar-refractivity contribution in [3.63, 3.8) is 0 Å². The topological polar surface area (TPSA) is 49.7 Å². The molecule has 0 atom stereocenters. The molecule has 0 heterocycles. The first-order chi connectivity index (χ1) is 8.66. The molecule has 0 aromatic heterocycles. The SMILES string of the molecule is OB(O)c1ccc(Cl)cc1OCc1ccccc1. The van der Waals surface area contributed by atoms with Crippen LogP contribution in [0, 0.1) is 0 Å². The van der Waals surface area contributed by atoms with E-state index in [1.54, 1.807) is 12.1 Å². The average molecular weight is 263 g/mol. The second-order valence-electron chi connectivity index (χ2n) is 3.83. The highest BCUT2D eigenvalue weighted by atomic mass is 35.5. The maximum Gasteiger partial charge on any atom is 0.492 e. The highest BCUT2D eigenvalue weighted by molar-refractivity contribution is 6.59. The van der Waals surface area contributed by atoms with Crippen LogP contribution in [-0.2, 0) is 6.61 Å². The zero-order valence-electron chi connectivity index (χ0n) is 9.58. The number of rotatable bonds is 4. The fraction of sp³-hybridized carbons (Fsp3) is 0.0769. The van der Waals surface area contributed by atoms with Crippen LogP contribution in [0.15, 0.2) is 48.5 Å². The van der Waals surface area contributed by atoms with Gasteiger partial charge in [-0.15, -0.1) is 0 Å². The summed E-state index contributed by atoms with van der Waals surface area (Å²) in [6.45, 7) is 0.348. The van der Waals surface area contributed by atoms with E-state index in [-0.39, 0.29) is 0 Å². The van der Waals surface area contributed by atoms with Gasteiger partial charge in [-0.1, -0.05) is 48.0 Å². The predicted octanol–water partition coefficient (Wildman–Crippen LogP) is 1.60. The Kier molecular flexibility index (Phi) is 4.26. The second-order valence-corrected chi connectivity index (χ2v) is 4.27. The predicted molar refractivity (Wildman–Crippen MR) is 72.1 cm³/mol. The van der Waals surface area contributed by atoms with Gasteiger partial charge in [-0.25, -0.2) is 0 Å². The van der Waals surface area contributed by atoms with Crippen LogP contribution in [0.4, 0.5) is 0 Å². The van der Waals surface area contributed by atoms with Crippen LogP contribution in [-0.4, -0.2) is 17.2 Å². The Labute approximate surface area is 111 Å². The van der Waals surface area contributed by atoms with Gasteiger partial charge in [-0.05, 0) is 17.7 Å². The van der Waals surface area contributed by atoms with Gasteiger partial charge in [0.15, 0.2) is 0 Å². The lowest BCUT2D eigenvalue weighted by Gasteiger charge is -2.11. The van der Waals surface area contributed by atoms with Crippen molar-refractivity contribution in [2.75, 3.05) is 0 Å². The van der Waals surface area contributed by atoms with Crippen molar-refractivity contribution in [1.29, 1.82) is 0 Å². The molecule has 0 bridgehead atoms. The molecule has 2 aromatic carbocycles. The molecule has 92 valence electrons. The van der Waals surface area contributed by atoms with Crippen molar-refractivity contribution >= 4 is 24.2 Å². The lowest BCUT2D eigenvalue weighted by Crippen LogP contribution is -2.31. The van der Waals surface area contributed by atoms with Gasteiger partial charge < -0.3 is 14.8 Å².